The maximum absolute atomic E-state index is 11.6. The van der Waals surface area contributed by atoms with Crippen molar-refractivity contribution in [1.82, 2.24) is 14.5 Å². The van der Waals surface area contributed by atoms with Crippen molar-refractivity contribution in [3.8, 4) is 0 Å². The van der Waals surface area contributed by atoms with Crippen LogP contribution in [0.1, 0.15) is 25.0 Å². The number of aromatic nitrogens is 3. The van der Waals surface area contributed by atoms with Crippen molar-refractivity contribution in [3.63, 3.8) is 0 Å². The SMILES string of the molecule is CCS(=O)CCn1c(C(C)Cl)nc2cc(Cl)cnc21. The molecule has 2 aromatic heterocycles. The number of pyridine rings is 1. The fraction of sp³-hybridized carbons (Fsp3) is 0.500. The molecule has 2 heterocycles. The second-order valence-corrected chi connectivity index (χ2v) is 7.12. The molecule has 4 nitrogen and oxygen atoms in total. The van der Waals surface area contributed by atoms with E-state index in [-0.39, 0.29) is 5.38 Å². The van der Waals surface area contributed by atoms with Crippen LogP contribution < -0.4 is 0 Å². The lowest BCUT2D eigenvalue weighted by Crippen LogP contribution is -2.12. The maximum atomic E-state index is 11.6. The highest BCUT2D eigenvalue weighted by Crippen LogP contribution is 2.24. The van der Waals surface area contributed by atoms with Gasteiger partial charge in [0.2, 0.25) is 0 Å². The lowest BCUT2D eigenvalue weighted by molar-refractivity contribution is 0.668. The van der Waals surface area contributed by atoms with Crippen LogP contribution in [-0.4, -0.2) is 30.2 Å². The minimum Gasteiger partial charge on any atom is -0.311 e. The topological polar surface area (TPSA) is 47.8 Å². The molecule has 0 radical (unpaired) electrons. The molecule has 0 amide bonds. The molecular formula is C12H15Cl2N3OS. The summed E-state index contributed by atoms with van der Waals surface area (Å²) in [7, 11) is -0.826. The number of fused-ring (bicyclic) bond motifs is 1. The smallest absolute Gasteiger partial charge is 0.160 e. The highest BCUT2D eigenvalue weighted by atomic mass is 35.5. The van der Waals surface area contributed by atoms with E-state index in [1.807, 2.05) is 18.4 Å². The number of aryl methyl sites for hydroxylation is 1. The second-order valence-electron chi connectivity index (χ2n) is 4.17. The monoisotopic (exact) mass is 319 g/mol. The fourth-order valence-corrected chi connectivity index (χ4v) is 2.86. The Bertz CT molecular complexity index is 612. The van der Waals surface area contributed by atoms with Gasteiger partial charge in [-0.25, -0.2) is 9.97 Å². The van der Waals surface area contributed by atoms with Crippen molar-refractivity contribution >= 4 is 45.2 Å². The van der Waals surface area contributed by atoms with Gasteiger partial charge in [0, 0.05) is 35.0 Å². The normalized spacial score (nSPS) is 14.7. The van der Waals surface area contributed by atoms with Gasteiger partial charge in [-0.1, -0.05) is 18.5 Å². The van der Waals surface area contributed by atoms with Gasteiger partial charge >= 0.3 is 0 Å². The van der Waals surface area contributed by atoms with E-state index in [9.17, 15) is 4.21 Å². The van der Waals surface area contributed by atoms with E-state index in [4.69, 9.17) is 23.2 Å². The number of hydrogen-bond acceptors (Lipinski definition) is 3. The summed E-state index contributed by atoms with van der Waals surface area (Å²) in [6.45, 7) is 4.36. The highest BCUT2D eigenvalue weighted by molar-refractivity contribution is 7.84. The molecule has 2 rings (SSSR count). The highest BCUT2D eigenvalue weighted by Gasteiger charge is 2.16. The van der Waals surface area contributed by atoms with E-state index in [0.29, 0.717) is 23.1 Å². The molecule has 2 atom stereocenters. The number of alkyl halides is 1. The van der Waals surface area contributed by atoms with Gasteiger partial charge in [0.25, 0.3) is 0 Å². The van der Waals surface area contributed by atoms with E-state index in [1.165, 1.54) is 0 Å². The Labute approximate surface area is 124 Å². The van der Waals surface area contributed by atoms with Crippen molar-refractivity contribution in [2.75, 3.05) is 11.5 Å². The first-order valence-corrected chi connectivity index (χ1v) is 8.34. The predicted octanol–water partition coefficient (Wildman–Crippen LogP) is 3.15. The number of rotatable bonds is 5. The first-order chi connectivity index (χ1) is 9.02. The average Bonchev–Trinajstić information content (AvgIpc) is 2.73. The van der Waals surface area contributed by atoms with E-state index in [2.05, 4.69) is 9.97 Å². The Morgan fingerprint density at radius 2 is 2.26 bits per heavy atom. The summed E-state index contributed by atoms with van der Waals surface area (Å²) in [5, 5.41) is 0.311. The van der Waals surface area contributed by atoms with Crippen LogP contribution in [0.2, 0.25) is 5.02 Å². The number of hydrogen-bond donors (Lipinski definition) is 0. The summed E-state index contributed by atoms with van der Waals surface area (Å²) in [6.07, 6.45) is 1.58. The third-order valence-electron chi connectivity index (χ3n) is 2.80. The largest absolute Gasteiger partial charge is 0.311 e. The summed E-state index contributed by atoms with van der Waals surface area (Å²) >= 11 is 12.1. The lowest BCUT2D eigenvalue weighted by atomic mass is 10.4. The van der Waals surface area contributed by atoms with Crippen LogP contribution in [0.4, 0.5) is 0 Å². The zero-order valence-electron chi connectivity index (χ0n) is 10.8. The van der Waals surface area contributed by atoms with Gasteiger partial charge in [0.05, 0.1) is 10.4 Å². The molecule has 0 bridgehead atoms. The fourth-order valence-electron chi connectivity index (χ4n) is 1.87. The standard InChI is InChI=1S/C12H15Cl2N3OS/c1-3-19(18)5-4-17-11(8(2)13)16-10-6-9(14)7-15-12(10)17/h6-8H,3-5H2,1-2H3. The summed E-state index contributed by atoms with van der Waals surface area (Å²) in [5.41, 5.74) is 1.46. The van der Waals surface area contributed by atoms with Crippen LogP contribution in [-0.2, 0) is 17.3 Å². The number of imidazole rings is 1. The molecule has 104 valence electrons. The molecule has 0 saturated carbocycles. The van der Waals surface area contributed by atoms with Crippen LogP contribution in [0, 0.1) is 0 Å². The molecule has 2 unspecified atom stereocenters. The van der Waals surface area contributed by atoms with Crippen LogP contribution in [0.5, 0.6) is 0 Å². The Balaban J connectivity index is 2.43. The predicted molar refractivity (Wildman–Crippen MR) is 80.4 cm³/mol. The third-order valence-corrected chi connectivity index (χ3v) is 4.49. The van der Waals surface area contributed by atoms with Crippen molar-refractivity contribution in [2.45, 2.75) is 25.8 Å². The van der Waals surface area contributed by atoms with E-state index >= 15 is 0 Å². The van der Waals surface area contributed by atoms with Gasteiger partial charge in [-0.15, -0.1) is 11.6 Å². The maximum Gasteiger partial charge on any atom is 0.160 e. The van der Waals surface area contributed by atoms with E-state index in [0.717, 1.165) is 17.0 Å². The van der Waals surface area contributed by atoms with Gasteiger partial charge in [0.1, 0.15) is 11.3 Å². The van der Waals surface area contributed by atoms with Gasteiger partial charge < -0.3 is 4.57 Å². The average molecular weight is 320 g/mol. The molecule has 0 aliphatic rings. The second kappa shape index (κ2) is 6.20. The zero-order valence-corrected chi connectivity index (χ0v) is 13.1. The summed E-state index contributed by atoms with van der Waals surface area (Å²) in [4.78, 5) is 8.76. The number of halogens is 2. The molecule has 0 aliphatic heterocycles. The lowest BCUT2D eigenvalue weighted by Gasteiger charge is -2.09. The number of nitrogens with zero attached hydrogens (tertiary/aromatic N) is 3. The van der Waals surface area contributed by atoms with Crippen molar-refractivity contribution in [2.24, 2.45) is 0 Å². The molecule has 19 heavy (non-hydrogen) atoms. The molecule has 0 N–H and O–H groups in total. The molecule has 0 saturated heterocycles. The quantitative estimate of drug-likeness (QED) is 0.795. The van der Waals surface area contributed by atoms with Gasteiger partial charge in [-0.05, 0) is 13.0 Å². The first-order valence-electron chi connectivity index (χ1n) is 6.03. The van der Waals surface area contributed by atoms with Crippen LogP contribution in [0.3, 0.4) is 0 Å². The van der Waals surface area contributed by atoms with E-state index in [1.54, 1.807) is 12.3 Å². The van der Waals surface area contributed by atoms with Crippen molar-refractivity contribution in [1.29, 1.82) is 0 Å². The van der Waals surface area contributed by atoms with Crippen molar-refractivity contribution < 1.29 is 4.21 Å². The Hall–Kier alpha value is -0.650. The minimum absolute atomic E-state index is 0.233. The summed E-state index contributed by atoms with van der Waals surface area (Å²) in [6, 6.07) is 1.76. The Morgan fingerprint density at radius 1 is 1.53 bits per heavy atom. The van der Waals surface area contributed by atoms with E-state index < -0.39 is 10.8 Å². The molecule has 7 heteroatoms. The first kappa shape index (κ1) is 14.8. The molecule has 0 aliphatic carbocycles. The molecule has 0 spiro atoms. The Morgan fingerprint density at radius 3 is 2.89 bits per heavy atom. The van der Waals surface area contributed by atoms with Crippen molar-refractivity contribution in [3.05, 3.63) is 23.1 Å². The van der Waals surface area contributed by atoms with Gasteiger partial charge in [-0.2, -0.15) is 0 Å². The minimum atomic E-state index is -0.826. The van der Waals surface area contributed by atoms with Gasteiger partial charge in [0.15, 0.2) is 5.65 Å². The zero-order chi connectivity index (χ0) is 14.0. The summed E-state index contributed by atoms with van der Waals surface area (Å²) in [5.74, 6) is 1.96. The van der Waals surface area contributed by atoms with Crippen LogP contribution in [0.15, 0.2) is 12.3 Å². The third kappa shape index (κ3) is 3.27. The van der Waals surface area contributed by atoms with Crippen LogP contribution >= 0.6 is 23.2 Å². The molecular weight excluding hydrogens is 305 g/mol. The molecule has 0 aromatic carbocycles. The molecule has 2 aromatic rings. The molecule has 0 fully saturated rings. The van der Waals surface area contributed by atoms with Crippen LogP contribution in [0.25, 0.3) is 11.2 Å². The Kier molecular flexibility index (Phi) is 4.81. The van der Waals surface area contributed by atoms with Gasteiger partial charge in [-0.3, -0.25) is 4.21 Å². The summed E-state index contributed by atoms with van der Waals surface area (Å²) < 4.78 is 13.5.